The Morgan fingerprint density at radius 3 is 2.06 bits per heavy atom. The van der Waals surface area contributed by atoms with E-state index in [1.807, 2.05) is 66.7 Å². The summed E-state index contributed by atoms with van der Waals surface area (Å²) in [6, 6.07) is 23.8. The van der Waals surface area contributed by atoms with Crippen molar-refractivity contribution in [2.24, 2.45) is 5.41 Å². The molecule has 5 nitrogen and oxygen atoms in total. The third-order valence-corrected chi connectivity index (χ3v) is 7.10. The molecule has 3 aromatic carbocycles. The van der Waals surface area contributed by atoms with Crippen LogP contribution in [0.25, 0.3) is 10.2 Å². The Kier molecular flexibility index (Phi) is 6.72. The quantitative estimate of drug-likeness (QED) is 0.344. The summed E-state index contributed by atoms with van der Waals surface area (Å²) in [7, 11) is 1.57. The molecule has 1 unspecified atom stereocenters. The van der Waals surface area contributed by atoms with Gasteiger partial charge in [0.05, 0.1) is 23.2 Å². The third-order valence-electron chi connectivity index (χ3n) is 5.78. The number of aromatic nitrogens is 1. The van der Waals surface area contributed by atoms with Crippen LogP contribution in [0.4, 0.5) is 0 Å². The van der Waals surface area contributed by atoms with Gasteiger partial charge in [0.2, 0.25) is 0 Å². The molecule has 1 aromatic heterocycles. The Labute approximate surface area is 201 Å². The highest BCUT2D eigenvalue weighted by Crippen LogP contribution is 2.45. The summed E-state index contributed by atoms with van der Waals surface area (Å²) < 4.78 is 6.08. The number of nitrogens with zero attached hydrogens (tertiary/aromatic N) is 1. The van der Waals surface area contributed by atoms with Crippen LogP contribution in [0.5, 0.6) is 5.75 Å². The molecule has 0 saturated heterocycles. The monoisotopic (exact) mass is 475 g/mol. The van der Waals surface area contributed by atoms with Gasteiger partial charge >= 0.3 is 0 Å². The first-order chi connectivity index (χ1) is 15.9. The van der Waals surface area contributed by atoms with Crippen LogP contribution in [0, 0.1) is 5.41 Å². The van der Waals surface area contributed by atoms with Crippen molar-refractivity contribution in [1.29, 1.82) is 0 Å². The highest BCUT2D eigenvalue weighted by Gasteiger charge is 2.44. The molecule has 0 aliphatic carbocycles. The van der Waals surface area contributed by atoms with Crippen LogP contribution < -0.4 is 9.84 Å². The average Bonchev–Trinajstić information content (AvgIpc) is 3.22. The van der Waals surface area contributed by atoms with Gasteiger partial charge < -0.3 is 32.1 Å². The highest BCUT2D eigenvalue weighted by atomic mass is 32.1. The van der Waals surface area contributed by atoms with Gasteiger partial charge in [-0.25, -0.2) is 4.98 Å². The van der Waals surface area contributed by atoms with E-state index in [0.29, 0.717) is 16.3 Å². The summed E-state index contributed by atoms with van der Waals surface area (Å²) in [4.78, 5) is 30.5. The highest BCUT2D eigenvalue weighted by molar-refractivity contribution is 7.77. The molecule has 0 saturated carbocycles. The number of thiazole rings is 1. The van der Waals surface area contributed by atoms with Gasteiger partial charge in [-0.1, -0.05) is 60.7 Å². The number of carbonyl (C=O) groups is 2. The van der Waals surface area contributed by atoms with E-state index in [1.54, 1.807) is 19.2 Å². The molecule has 0 spiro atoms. The lowest BCUT2D eigenvalue weighted by atomic mass is 9.68. The number of ether oxygens (including phenoxy) is 1. The zero-order valence-electron chi connectivity index (χ0n) is 17.9. The van der Waals surface area contributed by atoms with Crippen molar-refractivity contribution >= 4 is 45.3 Å². The summed E-state index contributed by atoms with van der Waals surface area (Å²) in [6.45, 7) is 0. The number of methoxy groups -OCH3 is 1. The van der Waals surface area contributed by atoms with E-state index in [-0.39, 0.29) is 12.8 Å². The van der Waals surface area contributed by atoms with Crippen LogP contribution >= 0.6 is 11.3 Å². The minimum atomic E-state index is -1.61. The van der Waals surface area contributed by atoms with Gasteiger partial charge in [-0.15, -0.1) is 11.3 Å². The van der Waals surface area contributed by atoms with E-state index < -0.39 is 22.4 Å². The fraction of sp³-hybridized carbons (Fsp3) is 0.192. The van der Waals surface area contributed by atoms with Gasteiger partial charge in [0.15, 0.2) is 0 Å². The first-order valence-corrected chi connectivity index (χ1v) is 11.6. The summed E-state index contributed by atoms with van der Waals surface area (Å²) in [5.74, 6) is -1.82. The molecule has 33 heavy (non-hydrogen) atoms. The van der Waals surface area contributed by atoms with E-state index in [1.165, 1.54) is 11.3 Å². The van der Waals surface area contributed by atoms with Gasteiger partial charge in [0.25, 0.3) is 0 Å². The minimum absolute atomic E-state index is 0.0807. The number of hydrogen-bond acceptors (Lipinski definition) is 7. The van der Waals surface area contributed by atoms with Gasteiger partial charge in [-0.2, -0.15) is 0 Å². The summed E-state index contributed by atoms with van der Waals surface area (Å²) in [5.41, 5.74) is 0.603. The van der Waals surface area contributed by atoms with Crippen molar-refractivity contribution in [1.82, 2.24) is 4.98 Å². The zero-order valence-corrected chi connectivity index (χ0v) is 19.5. The maximum atomic E-state index is 12.9. The summed E-state index contributed by atoms with van der Waals surface area (Å²) >= 11 is 6.41. The molecule has 0 aliphatic rings. The Bertz CT molecular complexity index is 1230. The largest absolute Gasteiger partial charge is 0.741 e. The molecular formula is C26H21NO4S2-2. The minimum Gasteiger partial charge on any atom is -0.741 e. The molecule has 4 aromatic rings. The van der Waals surface area contributed by atoms with Crippen molar-refractivity contribution in [2.75, 3.05) is 7.11 Å². The van der Waals surface area contributed by atoms with Gasteiger partial charge in [0, 0.05) is 16.5 Å². The summed E-state index contributed by atoms with van der Waals surface area (Å²) in [6.07, 6.45) is 0.161. The lowest BCUT2D eigenvalue weighted by Crippen LogP contribution is -2.51. The van der Waals surface area contributed by atoms with E-state index >= 15 is 0 Å². The maximum absolute atomic E-state index is 12.9. The number of benzene rings is 3. The van der Waals surface area contributed by atoms with Gasteiger partial charge in [0.1, 0.15) is 10.8 Å². The Morgan fingerprint density at radius 2 is 1.58 bits per heavy atom. The fourth-order valence-corrected chi connectivity index (χ4v) is 5.81. The standard InChI is InChI=1S/C26H23NO4S2/c1-31-19-12-13-20-21(14-19)33-23(27-20)22(24(28)32)26(25(29)30,15-17-8-4-2-5-9-17)16-18-10-6-3-7-11-18/h2-14,22H,15-16H2,1H3,(H,28,32)(H,29,30)/p-2. The maximum Gasteiger partial charge on any atom is 0.120 e. The van der Waals surface area contributed by atoms with Crippen molar-refractivity contribution in [3.63, 3.8) is 0 Å². The average molecular weight is 476 g/mol. The molecule has 168 valence electrons. The Morgan fingerprint density at radius 1 is 1.00 bits per heavy atom. The fourth-order valence-electron chi connectivity index (χ4n) is 4.19. The van der Waals surface area contributed by atoms with E-state index in [2.05, 4.69) is 4.98 Å². The van der Waals surface area contributed by atoms with Crippen LogP contribution in [0.15, 0.2) is 78.9 Å². The molecule has 7 heteroatoms. The van der Waals surface area contributed by atoms with Crippen LogP contribution in [-0.2, 0) is 35.1 Å². The molecule has 0 N–H and O–H groups in total. The van der Waals surface area contributed by atoms with Crippen molar-refractivity contribution in [2.45, 2.75) is 18.8 Å². The number of carboxylic acids is 1. The molecular weight excluding hydrogens is 454 g/mol. The van der Waals surface area contributed by atoms with Crippen molar-refractivity contribution in [3.05, 3.63) is 95.0 Å². The Hall–Kier alpha value is -3.29. The molecule has 0 radical (unpaired) electrons. The second-order valence-corrected chi connectivity index (χ2v) is 9.37. The van der Waals surface area contributed by atoms with Crippen LogP contribution in [0.2, 0.25) is 0 Å². The molecule has 0 bridgehead atoms. The van der Waals surface area contributed by atoms with Gasteiger partial charge in [-0.05, 0) is 42.2 Å². The van der Waals surface area contributed by atoms with E-state index in [9.17, 15) is 14.7 Å². The first-order valence-electron chi connectivity index (χ1n) is 10.4. The van der Waals surface area contributed by atoms with Crippen LogP contribution in [-0.4, -0.2) is 23.2 Å². The molecule has 0 amide bonds. The molecule has 1 heterocycles. The number of carboxylic acid groups (broad SMARTS) is 1. The third kappa shape index (κ3) is 4.74. The number of hydrogen-bond donors (Lipinski definition) is 0. The second kappa shape index (κ2) is 9.68. The van der Waals surface area contributed by atoms with Crippen molar-refractivity contribution < 1.29 is 19.4 Å². The first kappa shape index (κ1) is 22.9. The molecule has 0 fully saturated rings. The Balaban J connectivity index is 1.90. The SMILES string of the molecule is COc1ccc2nc(C(C(=O)[S-])C(Cc3ccccc3)(Cc3ccccc3)C(=O)[O-])sc2c1. The molecule has 4 rings (SSSR count). The van der Waals surface area contributed by atoms with E-state index in [4.69, 9.17) is 17.4 Å². The van der Waals surface area contributed by atoms with Crippen molar-refractivity contribution in [3.8, 4) is 5.75 Å². The number of fused-ring (bicyclic) bond motifs is 1. The number of carbonyl (C=O) groups excluding carboxylic acids is 2. The predicted molar refractivity (Wildman–Crippen MR) is 129 cm³/mol. The normalized spacial score (nSPS) is 12.4. The van der Waals surface area contributed by atoms with Gasteiger partial charge in [-0.3, -0.25) is 0 Å². The molecule has 0 aliphatic heterocycles. The lowest BCUT2D eigenvalue weighted by molar-refractivity contribution is -0.320. The second-order valence-electron chi connectivity index (χ2n) is 7.91. The number of rotatable bonds is 9. The zero-order chi connectivity index (χ0) is 23.4. The van der Waals surface area contributed by atoms with E-state index in [0.717, 1.165) is 15.8 Å². The summed E-state index contributed by atoms with van der Waals surface area (Å²) in [5, 5.41) is 12.6. The van der Waals surface area contributed by atoms with Crippen LogP contribution in [0.3, 0.4) is 0 Å². The van der Waals surface area contributed by atoms with Crippen LogP contribution in [0.1, 0.15) is 22.1 Å². The predicted octanol–water partition coefficient (Wildman–Crippen LogP) is 3.68. The smallest absolute Gasteiger partial charge is 0.120 e. The topological polar surface area (TPSA) is 79.3 Å². The molecule has 1 atom stereocenters. The number of aliphatic carboxylic acids is 1. The lowest BCUT2D eigenvalue weighted by Gasteiger charge is -2.42.